The molecule has 2 nitrogen and oxygen atoms in total. The standard InChI is InChI=1S/C9H15NOS/c1-7-6-10(4-5-12-7)9(11)8-2-3-8/h7-8H,2-6H2,1H3. The minimum Gasteiger partial charge on any atom is -0.341 e. The van der Waals surface area contributed by atoms with Gasteiger partial charge in [0.1, 0.15) is 0 Å². The zero-order valence-electron chi connectivity index (χ0n) is 7.45. The molecule has 1 saturated carbocycles. The number of rotatable bonds is 1. The lowest BCUT2D eigenvalue weighted by atomic mass is 10.3. The Morgan fingerprint density at radius 1 is 1.50 bits per heavy atom. The van der Waals surface area contributed by atoms with Crippen molar-refractivity contribution in [2.75, 3.05) is 18.8 Å². The van der Waals surface area contributed by atoms with Gasteiger partial charge in [0.05, 0.1) is 0 Å². The highest BCUT2D eigenvalue weighted by Gasteiger charge is 2.34. The van der Waals surface area contributed by atoms with Gasteiger partial charge in [0, 0.05) is 30.0 Å². The van der Waals surface area contributed by atoms with Crippen LogP contribution in [-0.2, 0) is 4.79 Å². The molecule has 1 amide bonds. The van der Waals surface area contributed by atoms with Gasteiger partial charge in [-0.2, -0.15) is 11.8 Å². The second-order valence-corrected chi connectivity index (χ2v) is 5.29. The van der Waals surface area contributed by atoms with Crippen molar-refractivity contribution in [1.29, 1.82) is 0 Å². The highest BCUT2D eigenvalue weighted by Crippen LogP contribution is 2.32. The fourth-order valence-electron chi connectivity index (χ4n) is 1.61. The van der Waals surface area contributed by atoms with E-state index in [1.54, 1.807) is 0 Å². The van der Waals surface area contributed by atoms with Crippen molar-refractivity contribution in [3.8, 4) is 0 Å². The van der Waals surface area contributed by atoms with Crippen LogP contribution in [0, 0.1) is 5.92 Å². The van der Waals surface area contributed by atoms with E-state index in [1.807, 2.05) is 11.8 Å². The molecule has 2 rings (SSSR count). The molecule has 0 N–H and O–H groups in total. The monoisotopic (exact) mass is 185 g/mol. The number of nitrogens with zero attached hydrogens (tertiary/aromatic N) is 1. The molecular formula is C9H15NOS. The average Bonchev–Trinajstić information content (AvgIpc) is 2.85. The second kappa shape index (κ2) is 3.29. The van der Waals surface area contributed by atoms with Crippen LogP contribution in [0.1, 0.15) is 19.8 Å². The topological polar surface area (TPSA) is 20.3 Å². The highest BCUT2D eigenvalue weighted by atomic mass is 32.2. The maximum Gasteiger partial charge on any atom is 0.225 e. The maximum absolute atomic E-state index is 11.6. The Morgan fingerprint density at radius 2 is 2.25 bits per heavy atom. The van der Waals surface area contributed by atoms with E-state index >= 15 is 0 Å². The Morgan fingerprint density at radius 3 is 2.83 bits per heavy atom. The zero-order chi connectivity index (χ0) is 8.55. The van der Waals surface area contributed by atoms with Crippen LogP contribution in [0.4, 0.5) is 0 Å². The van der Waals surface area contributed by atoms with Gasteiger partial charge in [-0.1, -0.05) is 6.92 Å². The van der Waals surface area contributed by atoms with Gasteiger partial charge in [0.2, 0.25) is 5.91 Å². The third kappa shape index (κ3) is 1.76. The first-order valence-corrected chi connectivity index (χ1v) is 5.72. The predicted octanol–water partition coefficient (Wildman–Crippen LogP) is 1.36. The molecule has 0 bridgehead atoms. The van der Waals surface area contributed by atoms with E-state index in [-0.39, 0.29) is 0 Å². The van der Waals surface area contributed by atoms with Gasteiger partial charge in [-0.15, -0.1) is 0 Å². The van der Waals surface area contributed by atoms with Gasteiger partial charge in [-0.05, 0) is 12.8 Å². The van der Waals surface area contributed by atoms with Crippen LogP contribution in [0.3, 0.4) is 0 Å². The van der Waals surface area contributed by atoms with Crippen molar-refractivity contribution in [1.82, 2.24) is 4.90 Å². The first-order valence-electron chi connectivity index (χ1n) is 4.68. The molecule has 2 aliphatic rings. The Hall–Kier alpha value is -0.180. The minimum atomic E-state index is 0.403. The Balaban J connectivity index is 1.89. The molecule has 1 saturated heterocycles. The SMILES string of the molecule is CC1CN(C(=O)C2CC2)CCS1. The highest BCUT2D eigenvalue weighted by molar-refractivity contribution is 7.99. The molecule has 0 spiro atoms. The molecule has 12 heavy (non-hydrogen) atoms. The number of amides is 1. The van der Waals surface area contributed by atoms with Crippen molar-refractivity contribution < 1.29 is 4.79 Å². The number of carbonyl (C=O) groups excluding carboxylic acids is 1. The summed E-state index contributed by atoms with van der Waals surface area (Å²) in [6.45, 7) is 4.15. The average molecular weight is 185 g/mol. The van der Waals surface area contributed by atoms with Crippen LogP contribution in [0.25, 0.3) is 0 Å². The lowest BCUT2D eigenvalue weighted by Crippen LogP contribution is -2.41. The molecule has 68 valence electrons. The predicted molar refractivity (Wildman–Crippen MR) is 51.2 cm³/mol. The van der Waals surface area contributed by atoms with Gasteiger partial charge in [0.15, 0.2) is 0 Å². The summed E-state index contributed by atoms with van der Waals surface area (Å²) in [6, 6.07) is 0. The summed E-state index contributed by atoms with van der Waals surface area (Å²) in [4.78, 5) is 13.7. The molecule has 0 aromatic rings. The van der Waals surface area contributed by atoms with Crippen molar-refractivity contribution in [3.05, 3.63) is 0 Å². The van der Waals surface area contributed by atoms with Crippen molar-refractivity contribution >= 4 is 17.7 Å². The van der Waals surface area contributed by atoms with Gasteiger partial charge in [-0.3, -0.25) is 4.79 Å². The van der Waals surface area contributed by atoms with E-state index in [2.05, 4.69) is 11.8 Å². The maximum atomic E-state index is 11.6. The Labute approximate surface area is 77.7 Å². The molecule has 0 aromatic heterocycles. The zero-order valence-corrected chi connectivity index (χ0v) is 8.27. The molecular weight excluding hydrogens is 170 g/mol. The first-order chi connectivity index (χ1) is 5.77. The van der Waals surface area contributed by atoms with E-state index in [1.165, 1.54) is 0 Å². The van der Waals surface area contributed by atoms with Crippen molar-refractivity contribution in [2.45, 2.75) is 25.0 Å². The molecule has 1 unspecified atom stereocenters. The van der Waals surface area contributed by atoms with Crippen LogP contribution in [0.15, 0.2) is 0 Å². The molecule has 1 atom stereocenters. The summed E-state index contributed by atoms with van der Waals surface area (Å²) in [5.74, 6) is 1.95. The molecule has 0 radical (unpaired) electrons. The van der Waals surface area contributed by atoms with Gasteiger partial charge in [-0.25, -0.2) is 0 Å². The van der Waals surface area contributed by atoms with E-state index in [0.29, 0.717) is 17.1 Å². The van der Waals surface area contributed by atoms with Crippen LogP contribution >= 0.6 is 11.8 Å². The normalized spacial score (nSPS) is 30.4. The van der Waals surface area contributed by atoms with Gasteiger partial charge >= 0.3 is 0 Å². The third-order valence-electron chi connectivity index (χ3n) is 2.48. The van der Waals surface area contributed by atoms with E-state index in [0.717, 1.165) is 31.7 Å². The van der Waals surface area contributed by atoms with Gasteiger partial charge < -0.3 is 4.90 Å². The van der Waals surface area contributed by atoms with Crippen molar-refractivity contribution in [3.63, 3.8) is 0 Å². The number of hydrogen-bond donors (Lipinski definition) is 0. The summed E-state index contributed by atoms with van der Waals surface area (Å²) >= 11 is 1.98. The van der Waals surface area contributed by atoms with E-state index < -0.39 is 0 Å². The van der Waals surface area contributed by atoms with Crippen LogP contribution in [0.5, 0.6) is 0 Å². The quantitative estimate of drug-likeness (QED) is 0.615. The lowest BCUT2D eigenvalue weighted by Gasteiger charge is -2.30. The Bertz CT molecular complexity index is 191. The summed E-state index contributed by atoms with van der Waals surface area (Å²) in [5.41, 5.74) is 0. The summed E-state index contributed by atoms with van der Waals surface area (Å²) in [7, 11) is 0. The molecule has 3 heteroatoms. The molecule has 1 aliphatic carbocycles. The van der Waals surface area contributed by atoms with Crippen LogP contribution < -0.4 is 0 Å². The smallest absolute Gasteiger partial charge is 0.225 e. The van der Waals surface area contributed by atoms with Crippen LogP contribution in [-0.4, -0.2) is 34.9 Å². The molecule has 0 aromatic carbocycles. The fraction of sp³-hybridized carbons (Fsp3) is 0.889. The van der Waals surface area contributed by atoms with Gasteiger partial charge in [0.25, 0.3) is 0 Å². The molecule has 1 aliphatic heterocycles. The minimum absolute atomic E-state index is 0.403. The number of carbonyl (C=O) groups is 1. The summed E-state index contributed by atoms with van der Waals surface area (Å²) in [6.07, 6.45) is 2.27. The van der Waals surface area contributed by atoms with E-state index in [9.17, 15) is 4.79 Å². The third-order valence-corrected chi connectivity index (χ3v) is 3.62. The fourth-order valence-corrected chi connectivity index (χ4v) is 2.62. The summed E-state index contributed by atoms with van der Waals surface area (Å²) < 4.78 is 0. The Kier molecular flexibility index (Phi) is 2.31. The first kappa shape index (κ1) is 8.42. The van der Waals surface area contributed by atoms with Crippen LogP contribution in [0.2, 0.25) is 0 Å². The molecule has 2 fully saturated rings. The lowest BCUT2D eigenvalue weighted by molar-refractivity contribution is -0.132. The number of thioether (sulfide) groups is 1. The molecule has 1 heterocycles. The second-order valence-electron chi connectivity index (χ2n) is 3.74. The number of hydrogen-bond acceptors (Lipinski definition) is 2. The largest absolute Gasteiger partial charge is 0.341 e. The van der Waals surface area contributed by atoms with Crippen molar-refractivity contribution in [2.24, 2.45) is 5.92 Å². The van der Waals surface area contributed by atoms with E-state index in [4.69, 9.17) is 0 Å². The summed E-state index contributed by atoms with van der Waals surface area (Å²) in [5, 5.41) is 0.640.